The highest BCUT2D eigenvalue weighted by Gasteiger charge is 2.22. The first-order chi connectivity index (χ1) is 11.7. The van der Waals surface area contributed by atoms with Crippen LogP contribution in [-0.2, 0) is 0 Å². The number of anilines is 1. The number of nitrogens with one attached hydrogen (secondary N) is 1. The second-order valence-electron chi connectivity index (χ2n) is 6.17. The molecule has 1 fully saturated rings. The summed E-state index contributed by atoms with van der Waals surface area (Å²) in [5.74, 6) is 0.562. The molecule has 3 rings (SSSR count). The van der Waals surface area contributed by atoms with Crippen LogP contribution in [0, 0.1) is 23.2 Å². The molecule has 3 N–H and O–H groups in total. The van der Waals surface area contributed by atoms with Crippen LogP contribution in [0.2, 0.25) is 0 Å². The molecule has 1 aliphatic carbocycles. The average molecular weight is 324 g/mol. The highest BCUT2D eigenvalue weighted by Crippen LogP contribution is 2.29. The molecular formula is C18H20N4O2. The normalized spacial score (nSPS) is 20.3. The fourth-order valence-electron chi connectivity index (χ4n) is 3.18. The Kier molecular flexibility index (Phi) is 4.80. The zero-order chi connectivity index (χ0) is 16.9. The Morgan fingerprint density at radius 2 is 2.12 bits per heavy atom. The van der Waals surface area contributed by atoms with E-state index in [9.17, 15) is 4.79 Å². The van der Waals surface area contributed by atoms with Gasteiger partial charge in [-0.2, -0.15) is 10.2 Å². The molecule has 2 aromatic rings. The molecular weight excluding hydrogens is 304 g/mol. The Labute approximate surface area is 140 Å². The van der Waals surface area contributed by atoms with Crippen molar-refractivity contribution in [2.45, 2.75) is 25.7 Å². The van der Waals surface area contributed by atoms with Crippen molar-refractivity contribution in [3.63, 3.8) is 0 Å². The number of hydrogen-bond acceptors (Lipinski definition) is 5. The largest absolute Gasteiger partial charge is 0.464 e. The van der Waals surface area contributed by atoms with E-state index in [-0.39, 0.29) is 23.3 Å². The Bertz CT molecular complexity index is 795. The molecule has 2 atom stereocenters. The van der Waals surface area contributed by atoms with Gasteiger partial charge in [-0.15, -0.1) is 0 Å². The summed E-state index contributed by atoms with van der Waals surface area (Å²) in [5, 5.41) is 9.04. The van der Waals surface area contributed by atoms with Crippen molar-refractivity contribution < 1.29 is 4.74 Å². The van der Waals surface area contributed by atoms with E-state index in [1.165, 1.54) is 0 Å². The van der Waals surface area contributed by atoms with Crippen molar-refractivity contribution in [1.29, 1.82) is 5.26 Å². The van der Waals surface area contributed by atoms with Gasteiger partial charge in [-0.3, -0.25) is 9.78 Å². The third kappa shape index (κ3) is 3.57. The molecule has 6 heteroatoms. The van der Waals surface area contributed by atoms with Crippen LogP contribution in [0.4, 0.5) is 5.82 Å². The molecule has 2 unspecified atom stereocenters. The lowest BCUT2D eigenvalue weighted by molar-refractivity contribution is 0.181. The molecule has 0 amide bonds. The number of nitrogen functional groups attached to an aromatic ring is 1. The summed E-state index contributed by atoms with van der Waals surface area (Å²) in [6.45, 7) is 0.436. The van der Waals surface area contributed by atoms with Gasteiger partial charge in [0.05, 0.1) is 18.2 Å². The Hall–Kier alpha value is -2.81. The molecule has 0 radical (unpaired) electrons. The number of ether oxygens (including phenoxy) is 1. The fraction of sp³-hybridized carbons (Fsp3) is 0.389. The second kappa shape index (κ2) is 7.18. The second-order valence-corrected chi connectivity index (χ2v) is 6.17. The van der Waals surface area contributed by atoms with Crippen molar-refractivity contribution >= 4 is 5.82 Å². The summed E-state index contributed by atoms with van der Waals surface area (Å²) < 4.78 is 5.63. The maximum Gasteiger partial charge on any atom is 0.298 e. The first-order valence-electron chi connectivity index (χ1n) is 8.15. The van der Waals surface area contributed by atoms with E-state index >= 15 is 0 Å². The minimum Gasteiger partial charge on any atom is -0.464 e. The number of nitriles is 1. The zero-order valence-corrected chi connectivity index (χ0v) is 13.4. The molecule has 6 nitrogen and oxygen atoms in total. The smallest absolute Gasteiger partial charge is 0.298 e. The van der Waals surface area contributed by atoms with Crippen LogP contribution in [-0.4, -0.2) is 16.6 Å². The van der Waals surface area contributed by atoms with Crippen LogP contribution >= 0.6 is 0 Å². The maximum atomic E-state index is 12.3. The third-order valence-electron chi connectivity index (χ3n) is 4.41. The van der Waals surface area contributed by atoms with Gasteiger partial charge in [0.15, 0.2) is 0 Å². The SMILES string of the molecule is N#CC1CCCC(COc2nc(N)c(-c3ccccc3)c(=O)[nH]2)C1. The monoisotopic (exact) mass is 324 g/mol. The van der Waals surface area contributed by atoms with Crippen molar-refractivity contribution in [2.75, 3.05) is 12.3 Å². The highest BCUT2D eigenvalue weighted by molar-refractivity contribution is 5.72. The Morgan fingerprint density at radius 3 is 2.83 bits per heavy atom. The van der Waals surface area contributed by atoms with Crippen LogP contribution in [0.3, 0.4) is 0 Å². The van der Waals surface area contributed by atoms with E-state index < -0.39 is 0 Å². The van der Waals surface area contributed by atoms with Crippen LogP contribution in [0.1, 0.15) is 25.7 Å². The first kappa shape index (κ1) is 16.1. The molecule has 24 heavy (non-hydrogen) atoms. The summed E-state index contributed by atoms with van der Waals surface area (Å²) in [5.41, 5.74) is 6.71. The van der Waals surface area contributed by atoms with Gasteiger partial charge in [-0.05, 0) is 30.7 Å². The number of aromatic amines is 1. The van der Waals surface area contributed by atoms with Crippen molar-refractivity contribution in [2.24, 2.45) is 11.8 Å². The number of rotatable bonds is 4. The number of H-pyrrole nitrogens is 1. The highest BCUT2D eigenvalue weighted by atomic mass is 16.5. The molecule has 1 saturated carbocycles. The molecule has 1 aromatic carbocycles. The van der Waals surface area contributed by atoms with Gasteiger partial charge in [0, 0.05) is 5.92 Å². The van der Waals surface area contributed by atoms with Gasteiger partial charge in [-0.1, -0.05) is 36.8 Å². The average Bonchev–Trinajstić information content (AvgIpc) is 2.60. The van der Waals surface area contributed by atoms with E-state index in [1.54, 1.807) is 0 Å². The standard InChI is InChI=1S/C18H20N4O2/c19-10-12-5-4-6-13(9-12)11-24-18-21-16(20)15(17(23)22-18)14-7-2-1-3-8-14/h1-3,7-8,12-13H,4-6,9,11H2,(H3,20,21,22,23). The summed E-state index contributed by atoms with van der Waals surface area (Å²) in [6, 6.07) is 11.6. The van der Waals surface area contributed by atoms with Gasteiger partial charge in [0.25, 0.3) is 11.6 Å². The van der Waals surface area contributed by atoms with Crippen LogP contribution < -0.4 is 16.0 Å². The lowest BCUT2D eigenvalue weighted by Crippen LogP contribution is -2.22. The molecule has 0 saturated heterocycles. The number of nitrogens with two attached hydrogens (primary N) is 1. The zero-order valence-electron chi connectivity index (χ0n) is 13.4. The summed E-state index contributed by atoms with van der Waals surface area (Å²) in [7, 11) is 0. The molecule has 1 aliphatic rings. The topological polar surface area (TPSA) is 105 Å². The van der Waals surface area contributed by atoms with Gasteiger partial charge >= 0.3 is 0 Å². The minimum absolute atomic E-state index is 0.102. The lowest BCUT2D eigenvalue weighted by atomic mass is 9.83. The van der Waals surface area contributed by atoms with Gasteiger partial charge in [0.1, 0.15) is 5.82 Å². The van der Waals surface area contributed by atoms with E-state index in [0.29, 0.717) is 18.1 Å². The van der Waals surface area contributed by atoms with E-state index in [0.717, 1.165) is 31.2 Å². The Balaban J connectivity index is 1.72. The summed E-state index contributed by atoms with van der Waals surface area (Å²) in [6.07, 6.45) is 3.85. The minimum atomic E-state index is -0.317. The van der Waals surface area contributed by atoms with Crippen molar-refractivity contribution in [3.8, 4) is 23.2 Å². The van der Waals surface area contributed by atoms with Crippen molar-refractivity contribution in [3.05, 3.63) is 40.7 Å². The Morgan fingerprint density at radius 1 is 1.33 bits per heavy atom. The number of nitrogens with zero attached hydrogens (tertiary/aromatic N) is 2. The molecule has 0 aliphatic heterocycles. The number of benzene rings is 1. The predicted octanol–water partition coefficient (Wildman–Crippen LogP) is 2.73. The quantitative estimate of drug-likeness (QED) is 0.899. The first-order valence-corrected chi connectivity index (χ1v) is 8.15. The molecule has 0 bridgehead atoms. The molecule has 1 heterocycles. The molecule has 1 aromatic heterocycles. The van der Waals surface area contributed by atoms with Crippen LogP contribution in [0.15, 0.2) is 35.1 Å². The summed E-state index contributed by atoms with van der Waals surface area (Å²) >= 11 is 0. The van der Waals surface area contributed by atoms with Crippen LogP contribution in [0.5, 0.6) is 6.01 Å². The maximum absolute atomic E-state index is 12.3. The predicted molar refractivity (Wildman–Crippen MR) is 91.3 cm³/mol. The summed E-state index contributed by atoms with van der Waals surface area (Å²) in [4.78, 5) is 19.1. The van der Waals surface area contributed by atoms with E-state index in [4.69, 9.17) is 15.7 Å². The van der Waals surface area contributed by atoms with Crippen LogP contribution in [0.25, 0.3) is 11.1 Å². The number of aromatic nitrogens is 2. The van der Waals surface area contributed by atoms with Gasteiger partial charge < -0.3 is 10.5 Å². The third-order valence-corrected chi connectivity index (χ3v) is 4.41. The fourth-order valence-corrected chi connectivity index (χ4v) is 3.18. The molecule has 124 valence electrons. The lowest BCUT2D eigenvalue weighted by Gasteiger charge is -2.24. The van der Waals surface area contributed by atoms with Crippen molar-refractivity contribution in [1.82, 2.24) is 9.97 Å². The van der Waals surface area contributed by atoms with E-state index in [1.807, 2.05) is 30.3 Å². The van der Waals surface area contributed by atoms with E-state index in [2.05, 4.69) is 16.0 Å². The number of hydrogen-bond donors (Lipinski definition) is 2. The van der Waals surface area contributed by atoms with Gasteiger partial charge in [0.2, 0.25) is 0 Å². The molecule has 0 spiro atoms. The van der Waals surface area contributed by atoms with Gasteiger partial charge in [-0.25, -0.2) is 0 Å².